The smallest absolute Gasteiger partial charge is 0.413 e. The fourth-order valence-electron chi connectivity index (χ4n) is 6.30. The molecule has 2 aliphatic carbocycles. The van der Waals surface area contributed by atoms with Crippen molar-refractivity contribution in [2.75, 3.05) is 14.1 Å². The summed E-state index contributed by atoms with van der Waals surface area (Å²) in [5.41, 5.74) is -1.90. The molecule has 4 rings (SSSR count). The Balaban J connectivity index is 0.000000946. The molecule has 6 atom stereocenters. The molecule has 2 aromatic carbocycles. The van der Waals surface area contributed by atoms with Crippen molar-refractivity contribution < 1.29 is 58.3 Å². The van der Waals surface area contributed by atoms with Gasteiger partial charge in [-0.3, -0.25) is 19.4 Å². The molecule has 0 spiro atoms. The van der Waals surface area contributed by atoms with Crippen LogP contribution in [-0.4, -0.2) is 99.0 Å². The maximum absolute atomic E-state index is 12.9. The van der Waals surface area contributed by atoms with Gasteiger partial charge in [0.25, 0.3) is 0 Å². The number of rotatable bonds is 9. The molecule has 57 heavy (non-hydrogen) atoms. The molecule has 0 aromatic heterocycles. The summed E-state index contributed by atoms with van der Waals surface area (Å²) in [5, 5.41) is 25.8. The first-order valence-electron chi connectivity index (χ1n) is 17.6. The lowest BCUT2D eigenvalue weighted by atomic mass is 9.74. The highest BCUT2D eigenvalue weighted by molar-refractivity contribution is 6.32. The second kappa shape index (κ2) is 24.1. The van der Waals surface area contributed by atoms with E-state index in [0.717, 1.165) is 25.7 Å². The predicted molar refractivity (Wildman–Crippen MR) is 217 cm³/mol. The average Bonchev–Trinajstić information content (AvgIpc) is 3.12. The number of aliphatic carboxylic acids is 1. The molecule has 0 bridgehead atoms. The van der Waals surface area contributed by atoms with E-state index in [-0.39, 0.29) is 26.4 Å². The number of esters is 1. The molecule has 2 saturated carbocycles. The number of carboxylic acids is 1. The zero-order valence-electron chi connectivity index (χ0n) is 31.6. The minimum absolute atomic E-state index is 0. The topological polar surface area (TPSA) is 197 Å². The number of benzene rings is 2. The summed E-state index contributed by atoms with van der Waals surface area (Å²) in [5.74, 6) is -2.23. The summed E-state index contributed by atoms with van der Waals surface area (Å²) in [6.45, 7) is 5.35. The summed E-state index contributed by atoms with van der Waals surface area (Å²) >= 11 is 18.4. The van der Waals surface area contributed by atoms with Gasteiger partial charge in [-0.25, -0.2) is 19.2 Å². The summed E-state index contributed by atoms with van der Waals surface area (Å²) in [6.07, 6.45) is -0.390. The number of ketones is 2. The number of carbonyl (C=O) groups is 6. The second-order valence-electron chi connectivity index (χ2n) is 13.1. The molecular weight excluding hydrogens is 807 g/mol. The number of Topliss-reactive ketones (excluding diaryl/α,β-unsaturated/α-hetero) is 2. The van der Waals surface area contributed by atoms with Crippen LogP contribution in [0, 0.1) is 0 Å². The Morgan fingerprint density at radius 3 is 1.35 bits per heavy atom. The van der Waals surface area contributed by atoms with Gasteiger partial charge in [-0.05, 0) is 71.4 Å². The molecular formula is C40H57Cl3N2O12. The zero-order chi connectivity index (χ0) is 41.7. The minimum Gasteiger partial charge on any atom is -0.479 e. The summed E-state index contributed by atoms with van der Waals surface area (Å²) in [6, 6.07) is 14.0. The van der Waals surface area contributed by atoms with Crippen LogP contribution in [0.1, 0.15) is 105 Å². The van der Waals surface area contributed by atoms with Crippen LogP contribution < -0.4 is 0 Å². The number of aliphatic hydroxyl groups is 2. The van der Waals surface area contributed by atoms with E-state index in [9.17, 15) is 33.9 Å². The average molecular weight is 864 g/mol. The van der Waals surface area contributed by atoms with E-state index in [4.69, 9.17) is 59.2 Å². The molecule has 0 saturated heterocycles. The standard InChI is InChI=1S/C19H24ClNO6.C16H19Cl2NO3.C3H6O3.2CH4/c1-12(22)17(24)26-13(2)27-18(25)21(3)19(11-7-6-10-16(19)23)14-8-4-5-9-15(14)20;1-11(17)22-15(21)19(2)16(10-6-5-9-14(16)20)12-7-3-4-8-13(12)18;1-2(4)3(5)6;;/h4-5,8-9,12-13,22H,6-7,10-11H2,1-3H3;3-4,7-8,11H,5-6,9-10H2,1-2H3;2,4H,1H3,(H,5,6);2*1H4/t12-,13?,19+;11?,16-;2-;;/m101../s1. The normalized spacial score (nSPS) is 20.7. The number of hydrogen-bond acceptors (Lipinski definition) is 11. The summed E-state index contributed by atoms with van der Waals surface area (Å²) in [7, 11) is 3.03. The van der Waals surface area contributed by atoms with Crippen LogP contribution in [-0.2, 0) is 44.5 Å². The van der Waals surface area contributed by atoms with Crippen LogP contribution in [0.15, 0.2) is 48.5 Å². The van der Waals surface area contributed by atoms with E-state index < -0.39 is 59.3 Å². The Bertz CT molecular complexity index is 1670. The van der Waals surface area contributed by atoms with Gasteiger partial charge >= 0.3 is 24.1 Å². The first kappa shape index (κ1) is 53.0. The van der Waals surface area contributed by atoms with Crippen molar-refractivity contribution in [2.45, 2.75) is 129 Å². The summed E-state index contributed by atoms with van der Waals surface area (Å²) < 4.78 is 15.1. The molecule has 2 aliphatic rings. The largest absolute Gasteiger partial charge is 0.479 e. The highest BCUT2D eigenvalue weighted by Crippen LogP contribution is 2.44. The van der Waals surface area contributed by atoms with Crippen molar-refractivity contribution in [2.24, 2.45) is 0 Å². The van der Waals surface area contributed by atoms with Crippen LogP contribution >= 0.6 is 34.8 Å². The Kier molecular flexibility index (Phi) is 22.4. The van der Waals surface area contributed by atoms with Gasteiger partial charge in [0.05, 0.1) is 0 Å². The van der Waals surface area contributed by atoms with Crippen molar-refractivity contribution in [1.82, 2.24) is 9.80 Å². The number of halogens is 3. The molecule has 3 N–H and O–H groups in total. The number of carboxylic acid groups (broad SMARTS) is 1. The highest BCUT2D eigenvalue weighted by atomic mass is 35.5. The van der Waals surface area contributed by atoms with Gasteiger partial charge in [-0.1, -0.05) is 86.1 Å². The molecule has 17 heteroatoms. The van der Waals surface area contributed by atoms with E-state index in [2.05, 4.69) is 0 Å². The van der Waals surface area contributed by atoms with Crippen LogP contribution in [0.2, 0.25) is 10.0 Å². The van der Waals surface area contributed by atoms with Crippen LogP contribution in [0.5, 0.6) is 0 Å². The molecule has 0 aliphatic heterocycles. The van der Waals surface area contributed by atoms with Gasteiger partial charge in [0.15, 0.2) is 17.1 Å². The van der Waals surface area contributed by atoms with Crippen molar-refractivity contribution in [3.05, 3.63) is 69.7 Å². The first-order chi connectivity index (χ1) is 25.7. The third kappa shape index (κ3) is 13.6. The number of aliphatic hydroxyl groups excluding tert-OH is 2. The summed E-state index contributed by atoms with van der Waals surface area (Å²) in [4.78, 5) is 74.2. The van der Waals surface area contributed by atoms with E-state index in [0.29, 0.717) is 46.9 Å². The Hall–Kier alpha value is -3.95. The van der Waals surface area contributed by atoms with Crippen molar-refractivity contribution in [1.29, 1.82) is 0 Å². The van der Waals surface area contributed by atoms with Gasteiger partial charge in [-0.15, -0.1) is 0 Å². The fourth-order valence-corrected chi connectivity index (χ4v) is 6.96. The van der Waals surface area contributed by atoms with E-state index in [1.54, 1.807) is 56.4 Å². The molecule has 2 unspecified atom stereocenters. The molecule has 2 amide bonds. The number of alkyl halides is 1. The number of likely N-dealkylation sites (N-methyl/N-ethyl adjacent to an activating group) is 2. The Morgan fingerprint density at radius 2 is 1.04 bits per heavy atom. The SMILES string of the molecule is C.C.CC(Cl)OC(=O)N(C)[C@]1(c2ccccc2Cl)CCCCC1=O.CC(OC(=O)[C@@H](C)O)OC(=O)N(C)[C@]1(c2ccccc2Cl)CCCCC1=O.C[C@@H](O)C(=O)O. The van der Waals surface area contributed by atoms with Crippen molar-refractivity contribution in [3.63, 3.8) is 0 Å². The number of hydrogen-bond donors (Lipinski definition) is 3. The molecule has 14 nitrogen and oxygen atoms in total. The maximum atomic E-state index is 12.9. The van der Waals surface area contributed by atoms with Gasteiger partial charge in [0, 0.05) is 55.0 Å². The number of carbonyl (C=O) groups excluding carboxylic acids is 5. The third-order valence-electron chi connectivity index (χ3n) is 9.15. The van der Waals surface area contributed by atoms with Crippen LogP contribution in [0.4, 0.5) is 9.59 Å². The lowest BCUT2D eigenvalue weighted by Crippen LogP contribution is -2.54. The monoisotopic (exact) mass is 862 g/mol. The first-order valence-corrected chi connectivity index (χ1v) is 18.8. The third-order valence-corrected chi connectivity index (χ3v) is 9.90. The maximum Gasteiger partial charge on any atom is 0.413 e. The zero-order valence-corrected chi connectivity index (χ0v) is 33.9. The quantitative estimate of drug-likeness (QED) is 0.125. The van der Waals surface area contributed by atoms with Gasteiger partial charge in [-0.2, -0.15) is 0 Å². The van der Waals surface area contributed by atoms with E-state index in [1.807, 2.05) is 6.07 Å². The lowest BCUT2D eigenvalue weighted by Gasteiger charge is -2.43. The van der Waals surface area contributed by atoms with E-state index in [1.165, 1.54) is 37.6 Å². The van der Waals surface area contributed by atoms with Crippen LogP contribution in [0.25, 0.3) is 0 Å². The van der Waals surface area contributed by atoms with Gasteiger partial charge in [0.2, 0.25) is 6.29 Å². The minimum atomic E-state index is -1.33. The molecule has 2 aromatic rings. The van der Waals surface area contributed by atoms with Gasteiger partial charge in [0.1, 0.15) is 23.3 Å². The fraction of sp³-hybridized carbons (Fsp3) is 0.550. The second-order valence-corrected chi connectivity index (χ2v) is 14.5. The van der Waals surface area contributed by atoms with Gasteiger partial charge < -0.3 is 29.5 Å². The van der Waals surface area contributed by atoms with E-state index >= 15 is 0 Å². The number of amides is 2. The molecule has 0 heterocycles. The molecule has 320 valence electrons. The Morgan fingerprint density at radius 1 is 0.667 bits per heavy atom. The highest BCUT2D eigenvalue weighted by Gasteiger charge is 2.50. The Labute approximate surface area is 350 Å². The van der Waals surface area contributed by atoms with Crippen molar-refractivity contribution >= 4 is 70.5 Å². The van der Waals surface area contributed by atoms with Crippen molar-refractivity contribution in [3.8, 4) is 0 Å². The number of ether oxygens (including phenoxy) is 3. The molecule has 0 radical (unpaired) electrons. The lowest BCUT2D eigenvalue weighted by molar-refractivity contribution is -0.176. The number of nitrogens with zero attached hydrogens (tertiary/aromatic N) is 2. The molecule has 2 fully saturated rings. The van der Waals surface area contributed by atoms with Crippen LogP contribution in [0.3, 0.4) is 0 Å². The predicted octanol–water partition coefficient (Wildman–Crippen LogP) is 8.07.